The number of rotatable bonds is 6. The number of hydrogen-bond acceptors (Lipinski definition) is 6. The molecule has 3 unspecified atom stereocenters. The van der Waals surface area contributed by atoms with Crippen molar-refractivity contribution < 1.29 is 18.7 Å². The molecule has 0 radical (unpaired) electrons. The van der Waals surface area contributed by atoms with Gasteiger partial charge in [-0.3, -0.25) is 4.79 Å². The molecule has 0 bridgehead atoms. The van der Waals surface area contributed by atoms with Crippen molar-refractivity contribution in [2.24, 2.45) is 11.0 Å². The number of ether oxygens (including phenoxy) is 2. The van der Waals surface area contributed by atoms with Gasteiger partial charge >= 0.3 is 5.91 Å². The Labute approximate surface area is 187 Å². The van der Waals surface area contributed by atoms with Crippen LogP contribution in [0.2, 0.25) is 0 Å². The summed E-state index contributed by atoms with van der Waals surface area (Å²) in [5.41, 5.74) is 5.81. The molecular formula is C25H27N3O4. The van der Waals surface area contributed by atoms with Crippen LogP contribution in [0, 0.1) is 5.92 Å². The molecule has 1 aliphatic heterocycles. The molecule has 2 N–H and O–H groups in total. The maximum absolute atomic E-state index is 12.3. The average Bonchev–Trinajstić information content (AvgIpc) is 3.39. The van der Waals surface area contributed by atoms with E-state index < -0.39 is 0 Å². The summed E-state index contributed by atoms with van der Waals surface area (Å²) in [4.78, 5) is 12.3. The minimum atomic E-state index is -0.366. The van der Waals surface area contributed by atoms with Crippen LogP contribution in [0.15, 0.2) is 76.4 Å². The van der Waals surface area contributed by atoms with E-state index >= 15 is 0 Å². The van der Waals surface area contributed by atoms with Gasteiger partial charge in [0.25, 0.3) is 0 Å². The normalized spacial score (nSPS) is 21.8. The predicted molar refractivity (Wildman–Crippen MR) is 122 cm³/mol. The first-order valence-corrected chi connectivity index (χ1v) is 10.5. The number of methoxy groups -OCH3 is 2. The minimum absolute atomic E-state index is 0.0148. The van der Waals surface area contributed by atoms with Gasteiger partial charge in [-0.05, 0) is 47.5 Å². The zero-order valence-corrected chi connectivity index (χ0v) is 18.4. The lowest BCUT2D eigenvalue weighted by Gasteiger charge is -2.37. The number of amides is 1. The van der Waals surface area contributed by atoms with Gasteiger partial charge in [0, 0.05) is 30.1 Å². The number of carbonyl (C=O) groups excluding carboxylic acids is 1. The van der Waals surface area contributed by atoms with Crippen molar-refractivity contribution in [3.63, 3.8) is 0 Å². The van der Waals surface area contributed by atoms with E-state index in [2.05, 4.69) is 47.0 Å². The van der Waals surface area contributed by atoms with Crippen molar-refractivity contribution in [3.05, 3.63) is 83.8 Å². The summed E-state index contributed by atoms with van der Waals surface area (Å²) in [6, 6.07) is 19.4. The highest BCUT2D eigenvalue weighted by Gasteiger charge is 2.34. The Bertz CT molecular complexity index is 1060. The summed E-state index contributed by atoms with van der Waals surface area (Å²) < 4.78 is 15.8. The third kappa shape index (κ3) is 4.68. The molecule has 3 aromatic rings. The van der Waals surface area contributed by atoms with Crippen LogP contribution in [0.3, 0.4) is 0 Å². The van der Waals surface area contributed by atoms with Crippen molar-refractivity contribution in [3.8, 4) is 11.5 Å². The average molecular weight is 434 g/mol. The number of nitrogens with one attached hydrogen (secondary N) is 2. The third-order valence-electron chi connectivity index (χ3n) is 5.86. The van der Waals surface area contributed by atoms with Gasteiger partial charge in [-0.25, -0.2) is 5.43 Å². The molecule has 0 spiro atoms. The van der Waals surface area contributed by atoms with Crippen molar-refractivity contribution in [1.29, 1.82) is 0 Å². The molecule has 1 aromatic heterocycles. The molecule has 1 saturated heterocycles. The maximum atomic E-state index is 12.3. The largest absolute Gasteiger partial charge is 0.497 e. The molecule has 4 rings (SSSR count). The van der Waals surface area contributed by atoms with E-state index in [0.29, 0.717) is 6.42 Å². The molecule has 2 heterocycles. The van der Waals surface area contributed by atoms with Gasteiger partial charge in [-0.2, -0.15) is 5.10 Å². The second kappa shape index (κ2) is 9.70. The summed E-state index contributed by atoms with van der Waals surface area (Å²) in [6.07, 6.45) is 2.13. The Hall–Kier alpha value is -3.58. The van der Waals surface area contributed by atoms with E-state index in [9.17, 15) is 4.79 Å². The van der Waals surface area contributed by atoms with E-state index in [0.717, 1.165) is 28.3 Å². The zero-order chi connectivity index (χ0) is 22.5. The predicted octanol–water partition coefficient (Wildman–Crippen LogP) is 4.49. The third-order valence-corrected chi connectivity index (χ3v) is 5.86. The van der Waals surface area contributed by atoms with Crippen LogP contribution in [0.25, 0.3) is 0 Å². The molecule has 1 amide bonds. The molecule has 7 heteroatoms. The minimum Gasteiger partial charge on any atom is -0.497 e. The summed E-state index contributed by atoms with van der Waals surface area (Å²) in [5.74, 6) is 1.55. The van der Waals surface area contributed by atoms with E-state index in [1.165, 1.54) is 6.26 Å². The molecule has 2 aromatic carbocycles. The highest BCUT2D eigenvalue weighted by atomic mass is 16.5. The molecule has 1 aliphatic rings. The van der Waals surface area contributed by atoms with Crippen LogP contribution in [0.4, 0.5) is 0 Å². The first-order valence-electron chi connectivity index (χ1n) is 10.5. The summed E-state index contributed by atoms with van der Waals surface area (Å²) in [6.45, 7) is 2.12. The van der Waals surface area contributed by atoms with Crippen LogP contribution < -0.4 is 20.2 Å². The van der Waals surface area contributed by atoms with Crippen LogP contribution in [0.1, 0.15) is 47.1 Å². The Morgan fingerprint density at radius 1 is 1.00 bits per heavy atom. The van der Waals surface area contributed by atoms with Crippen molar-refractivity contribution in [2.75, 3.05) is 14.2 Å². The number of benzene rings is 2. The van der Waals surface area contributed by atoms with E-state index in [4.69, 9.17) is 13.9 Å². The fraction of sp³-hybridized carbons (Fsp3) is 0.280. The number of furan rings is 1. The van der Waals surface area contributed by atoms with E-state index in [-0.39, 0.29) is 29.7 Å². The lowest BCUT2D eigenvalue weighted by atomic mass is 9.81. The number of piperidine rings is 1. The summed E-state index contributed by atoms with van der Waals surface area (Å²) >= 11 is 0. The molecule has 0 saturated carbocycles. The van der Waals surface area contributed by atoms with Crippen molar-refractivity contribution in [1.82, 2.24) is 10.7 Å². The van der Waals surface area contributed by atoms with Gasteiger partial charge in [0.1, 0.15) is 11.5 Å². The SMILES string of the molecule is COc1ccc(C2C/C(=N\NC(=O)c3ccco3)C(C)C(c3ccc(OC)cc3)N2)cc1. The van der Waals surface area contributed by atoms with E-state index in [1.54, 1.807) is 26.4 Å². The van der Waals surface area contributed by atoms with Crippen molar-refractivity contribution >= 4 is 11.6 Å². The fourth-order valence-electron chi connectivity index (χ4n) is 3.99. The topological polar surface area (TPSA) is 85.1 Å². The highest BCUT2D eigenvalue weighted by molar-refractivity contribution is 5.94. The second-order valence-corrected chi connectivity index (χ2v) is 7.76. The number of hydrazone groups is 1. The first-order chi connectivity index (χ1) is 15.6. The van der Waals surface area contributed by atoms with Crippen LogP contribution in [0.5, 0.6) is 11.5 Å². The lowest BCUT2D eigenvalue weighted by molar-refractivity contribution is 0.0926. The van der Waals surface area contributed by atoms with Gasteiger partial charge < -0.3 is 19.2 Å². The second-order valence-electron chi connectivity index (χ2n) is 7.76. The molecular weight excluding hydrogens is 406 g/mol. The standard InChI is InChI=1S/C25H27N3O4/c1-16-21(27-28-25(29)23-5-4-14-32-23)15-22(17-6-10-19(30-2)11-7-17)26-24(16)18-8-12-20(31-3)13-9-18/h4-14,16,22,24,26H,15H2,1-3H3,(H,28,29)/b27-21+. The van der Waals surface area contributed by atoms with E-state index in [1.807, 2.05) is 24.3 Å². The molecule has 7 nitrogen and oxygen atoms in total. The van der Waals surface area contributed by atoms with Crippen LogP contribution in [-0.4, -0.2) is 25.8 Å². The Morgan fingerprint density at radius 2 is 1.62 bits per heavy atom. The Kier molecular flexibility index (Phi) is 6.56. The molecule has 1 fully saturated rings. The lowest BCUT2D eigenvalue weighted by Crippen LogP contribution is -2.42. The maximum Gasteiger partial charge on any atom is 0.307 e. The van der Waals surface area contributed by atoms with Crippen LogP contribution in [-0.2, 0) is 0 Å². The number of hydrogen-bond donors (Lipinski definition) is 2. The highest BCUT2D eigenvalue weighted by Crippen LogP contribution is 2.36. The Morgan fingerprint density at radius 3 is 2.19 bits per heavy atom. The number of nitrogens with zero attached hydrogens (tertiary/aromatic N) is 1. The van der Waals surface area contributed by atoms with Gasteiger partial charge in [0.05, 0.1) is 20.5 Å². The summed E-state index contributed by atoms with van der Waals surface area (Å²) in [5, 5.41) is 8.27. The van der Waals surface area contributed by atoms with Gasteiger partial charge in [-0.15, -0.1) is 0 Å². The van der Waals surface area contributed by atoms with Crippen LogP contribution >= 0.6 is 0 Å². The van der Waals surface area contributed by atoms with Gasteiger partial charge in [-0.1, -0.05) is 31.2 Å². The van der Waals surface area contributed by atoms with Crippen molar-refractivity contribution in [2.45, 2.75) is 25.4 Å². The first kappa shape index (κ1) is 21.6. The molecule has 3 atom stereocenters. The van der Waals surface area contributed by atoms with Gasteiger partial charge in [0.2, 0.25) is 0 Å². The molecule has 32 heavy (non-hydrogen) atoms. The number of carbonyl (C=O) groups is 1. The monoisotopic (exact) mass is 433 g/mol. The fourth-order valence-corrected chi connectivity index (χ4v) is 3.99. The smallest absolute Gasteiger partial charge is 0.307 e. The quantitative estimate of drug-likeness (QED) is 0.560. The van der Waals surface area contributed by atoms with Gasteiger partial charge in [0.15, 0.2) is 5.76 Å². The summed E-state index contributed by atoms with van der Waals surface area (Å²) in [7, 11) is 3.31. The zero-order valence-electron chi connectivity index (χ0n) is 18.4. The Balaban J connectivity index is 1.62. The molecule has 0 aliphatic carbocycles. The molecule has 166 valence electrons.